The number of fused-ring (bicyclic) bond motifs is 2. The van der Waals surface area contributed by atoms with Crippen molar-refractivity contribution >= 4 is 46.6 Å². The van der Waals surface area contributed by atoms with Crippen LogP contribution in [-0.4, -0.2) is 161 Å². The summed E-state index contributed by atoms with van der Waals surface area (Å²) in [6.45, 7) is 18.7. The van der Waals surface area contributed by atoms with Crippen molar-refractivity contribution < 1.29 is 57.1 Å². The van der Waals surface area contributed by atoms with E-state index in [0.717, 1.165) is 38.8 Å². The molecule has 8 heterocycles. The fraction of sp³-hybridized carbons (Fsp3) is 0.727. The van der Waals surface area contributed by atoms with Crippen LogP contribution in [-0.2, 0) is 47.6 Å². The smallest absolute Gasteiger partial charge is 0.303 e. The molecule has 2 aromatic rings. The summed E-state index contributed by atoms with van der Waals surface area (Å²) >= 11 is 5.11. The quantitative estimate of drug-likeness (QED) is 0.229. The third-order valence-electron chi connectivity index (χ3n) is 11.4. The van der Waals surface area contributed by atoms with Crippen molar-refractivity contribution in [2.75, 3.05) is 63.2 Å². The molecule has 65 heavy (non-hydrogen) atoms. The number of carbonyl (C=O) groups is 4. The van der Waals surface area contributed by atoms with Crippen molar-refractivity contribution in [3.63, 3.8) is 0 Å². The molecule has 8 rings (SSSR count). The lowest BCUT2D eigenvalue weighted by atomic mass is 9.93. The molecule has 3 N–H and O–H groups in total. The maximum Gasteiger partial charge on any atom is 0.303 e. The van der Waals surface area contributed by atoms with E-state index in [4.69, 9.17) is 49.5 Å². The molecule has 6 fully saturated rings. The number of aromatic nitrogens is 4. The molecular weight excluding hydrogens is 868 g/mol. The first-order valence-corrected chi connectivity index (χ1v) is 22.7. The minimum atomic E-state index is -0.412. The van der Waals surface area contributed by atoms with Gasteiger partial charge in [-0.1, -0.05) is 41.5 Å². The van der Waals surface area contributed by atoms with Crippen LogP contribution in [0.5, 0.6) is 11.8 Å². The molecule has 0 aromatic carbocycles. The number of halogens is 1. The number of piperidine rings is 2. The maximum atomic E-state index is 12.5. The molecule has 6 aliphatic heterocycles. The number of nitrogens with zero attached hydrogens (tertiary/aromatic N) is 5. The Morgan fingerprint density at radius 2 is 1.03 bits per heavy atom. The van der Waals surface area contributed by atoms with E-state index >= 15 is 0 Å². The molecule has 6 aliphatic rings. The van der Waals surface area contributed by atoms with Gasteiger partial charge in [-0.05, 0) is 50.4 Å². The zero-order chi connectivity index (χ0) is 46.9. The third-order valence-corrected chi connectivity index (χ3v) is 12.0. The highest BCUT2D eigenvalue weighted by molar-refractivity contribution is 6.64. The van der Waals surface area contributed by atoms with Gasteiger partial charge in [-0.2, -0.15) is 9.97 Å². The van der Waals surface area contributed by atoms with Crippen molar-refractivity contribution in [3.05, 3.63) is 24.5 Å². The Morgan fingerprint density at radius 1 is 0.646 bits per heavy atom. The monoisotopic (exact) mass is 932 g/mol. The van der Waals surface area contributed by atoms with Crippen LogP contribution in [0.25, 0.3) is 0 Å². The van der Waals surface area contributed by atoms with Gasteiger partial charge in [-0.3, -0.25) is 19.2 Å². The van der Waals surface area contributed by atoms with Crippen molar-refractivity contribution in [2.24, 2.45) is 10.8 Å². The molecule has 8 atom stereocenters. The number of anilines is 2. The zero-order valence-corrected chi connectivity index (χ0v) is 39.3. The second-order valence-corrected chi connectivity index (χ2v) is 19.2. The number of likely N-dealkylation sites (tertiary alicyclic amines) is 1. The average molecular weight is 934 g/mol. The Balaban J connectivity index is 0.000000191. The second-order valence-electron chi connectivity index (χ2n) is 18.9. The van der Waals surface area contributed by atoms with Crippen LogP contribution in [0.2, 0.25) is 0 Å². The van der Waals surface area contributed by atoms with Crippen LogP contribution in [0.3, 0.4) is 0 Å². The zero-order valence-electron chi connectivity index (χ0n) is 38.6. The first-order chi connectivity index (χ1) is 30.8. The van der Waals surface area contributed by atoms with E-state index in [1.807, 2.05) is 25.7 Å². The first-order valence-electron chi connectivity index (χ1n) is 22.4. The summed E-state index contributed by atoms with van der Waals surface area (Å²) in [6, 6.07) is 3.98. The normalized spacial score (nSPS) is 27.7. The predicted molar refractivity (Wildman–Crippen MR) is 235 cm³/mol. The van der Waals surface area contributed by atoms with Gasteiger partial charge in [0, 0.05) is 74.4 Å². The summed E-state index contributed by atoms with van der Waals surface area (Å²) in [5, 5.41) is 9.77. The number of amides is 1. The van der Waals surface area contributed by atoms with Crippen LogP contribution in [0.15, 0.2) is 24.5 Å². The van der Waals surface area contributed by atoms with Gasteiger partial charge < -0.3 is 58.7 Å². The van der Waals surface area contributed by atoms with E-state index < -0.39 is 6.10 Å². The van der Waals surface area contributed by atoms with Crippen LogP contribution < -0.4 is 25.4 Å². The standard InChI is InChI=1S/C22H32N4O6.C17H24N4O5.C5H9ClO/c1-13(27)31-15-11-29-19-16(12-30-18(15)19)32-17-5-8-23-21(25-17)24-14-6-9-26(10-7-14)20(28)22(2,3)4;1-10(22)25-12-8-23-16-13(9-24-15(12)16)26-14-4-7-19-17(21-14)20-11-2-5-18-6-3-11;1-5(2,3)4(6)7/h5,8,14-16,18-19H,6-7,9-12H2,1-4H3,(H,23,24,25);4,7,11-13,15-16,18H,2-3,5-6,8-9H2,1H3,(H,19,20,21);1-3H3/t15-,16?,18+,19+;12-,13?,15+,16+;/m00./s1. The van der Waals surface area contributed by atoms with E-state index in [9.17, 15) is 19.2 Å². The van der Waals surface area contributed by atoms with Crippen molar-refractivity contribution in [2.45, 2.75) is 142 Å². The van der Waals surface area contributed by atoms with Crippen molar-refractivity contribution in [1.82, 2.24) is 30.2 Å². The van der Waals surface area contributed by atoms with Crippen LogP contribution in [0.1, 0.15) is 81.1 Å². The minimum absolute atomic E-state index is 0.185. The Hall–Kier alpha value is -4.47. The van der Waals surface area contributed by atoms with E-state index in [1.54, 1.807) is 45.3 Å². The van der Waals surface area contributed by atoms with Gasteiger partial charge in [0.2, 0.25) is 34.8 Å². The molecule has 2 aromatic heterocycles. The summed E-state index contributed by atoms with van der Waals surface area (Å²) in [5.74, 6) is 1.45. The number of rotatable bonds is 10. The fourth-order valence-electron chi connectivity index (χ4n) is 7.99. The Bertz CT molecular complexity index is 1920. The van der Waals surface area contributed by atoms with E-state index in [0.29, 0.717) is 69.2 Å². The molecular formula is C44H65ClN8O12. The number of hydrogen-bond donors (Lipinski definition) is 3. The minimum Gasteiger partial charge on any atom is -0.469 e. The van der Waals surface area contributed by atoms with Gasteiger partial charge in [-0.25, -0.2) is 9.97 Å². The average Bonchev–Trinajstić information content (AvgIpc) is 4.04. The number of nitrogens with one attached hydrogen (secondary N) is 3. The van der Waals surface area contributed by atoms with Gasteiger partial charge in [0.25, 0.3) is 0 Å². The Morgan fingerprint density at radius 3 is 1.42 bits per heavy atom. The van der Waals surface area contributed by atoms with Crippen molar-refractivity contribution in [3.8, 4) is 11.8 Å². The highest BCUT2D eigenvalue weighted by atomic mass is 35.5. The third kappa shape index (κ3) is 14.3. The van der Waals surface area contributed by atoms with Gasteiger partial charge >= 0.3 is 11.9 Å². The van der Waals surface area contributed by atoms with Crippen LogP contribution in [0, 0.1) is 10.8 Å². The lowest BCUT2D eigenvalue weighted by molar-refractivity contribution is -0.151. The predicted octanol–water partition coefficient (Wildman–Crippen LogP) is 3.32. The molecule has 6 saturated heterocycles. The molecule has 21 heteroatoms. The topological polar surface area (TPSA) is 233 Å². The highest BCUT2D eigenvalue weighted by Gasteiger charge is 2.52. The highest BCUT2D eigenvalue weighted by Crippen LogP contribution is 2.33. The van der Waals surface area contributed by atoms with Crippen LogP contribution in [0.4, 0.5) is 11.9 Å². The molecule has 0 aliphatic carbocycles. The van der Waals surface area contributed by atoms with Gasteiger partial charge in [0.15, 0.2) is 24.4 Å². The lowest BCUT2D eigenvalue weighted by Gasteiger charge is -2.36. The molecule has 2 unspecified atom stereocenters. The lowest BCUT2D eigenvalue weighted by Crippen LogP contribution is -2.46. The summed E-state index contributed by atoms with van der Waals surface area (Å²) in [7, 11) is 0. The molecule has 0 spiro atoms. The molecule has 0 saturated carbocycles. The molecule has 20 nitrogen and oxygen atoms in total. The Kier molecular flexibility index (Phi) is 17.2. The SMILES string of the molecule is CC(=O)O[C@H]1CO[C@@H]2C(Oc3ccnc(NC4CCN(C(=O)C(C)(C)C)CC4)n3)CO[C@H]12.CC(=O)O[C@H]1CO[C@@H]2C(Oc3ccnc(NC4CCNCC4)n3)CO[C@H]12.CC(C)(C)C(=O)Cl. The van der Waals surface area contributed by atoms with Gasteiger partial charge in [-0.15, -0.1) is 0 Å². The number of esters is 2. The molecule has 0 bridgehead atoms. The summed E-state index contributed by atoms with van der Waals surface area (Å²) in [4.78, 5) is 64.6. The van der Waals surface area contributed by atoms with Crippen LogP contribution >= 0.6 is 11.6 Å². The largest absolute Gasteiger partial charge is 0.469 e. The van der Waals surface area contributed by atoms with Gasteiger partial charge in [0.05, 0.1) is 26.4 Å². The van der Waals surface area contributed by atoms with E-state index in [-0.39, 0.29) is 82.7 Å². The van der Waals surface area contributed by atoms with Crippen molar-refractivity contribution in [1.29, 1.82) is 0 Å². The second kappa shape index (κ2) is 22.3. The van der Waals surface area contributed by atoms with E-state index in [2.05, 4.69) is 35.9 Å². The van der Waals surface area contributed by atoms with Gasteiger partial charge in [0.1, 0.15) is 24.4 Å². The molecule has 0 radical (unpaired) electrons. The fourth-order valence-corrected chi connectivity index (χ4v) is 7.99. The summed E-state index contributed by atoms with van der Waals surface area (Å²) in [5.41, 5.74) is -0.735. The first kappa shape index (κ1) is 50.0. The molecule has 360 valence electrons. The Labute approximate surface area is 385 Å². The maximum absolute atomic E-state index is 12.5. The number of ether oxygens (including phenoxy) is 8. The van der Waals surface area contributed by atoms with E-state index in [1.165, 1.54) is 13.8 Å². The summed E-state index contributed by atoms with van der Waals surface area (Å²) < 4.78 is 45.5. The number of carbonyl (C=O) groups excluding carboxylic acids is 4. The molecule has 1 amide bonds. The number of hydrogen-bond acceptors (Lipinski definition) is 19. The summed E-state index contributed by atoms with van der Waals surface area (Å²) in [6.07, 6.45) is 4.46.